The molecule has 110 valence electrons. The van der Waals surface area contributed by atoms with Crippen molar-refractivity contribution in [3.05, 3.63) is 29.8 Å². The van der Waals surface area contributed by atoms with E-state index in [1.165, 1.54) is 30.7 Å². The number of ether oxygens (including phenoxy) is 1. The monoisotopic (exact) mass is 347 g/mol. The van der Waals surface area contributed by atoms with E-state index in [4.69, 9.17) is 0 Å². The van der Waals surface area contributed by atoms with E-state index in [0.29, 0.717) is 22.9 Å². The summed E-state index contributed by atoms with van der Waals surface area (Å²) in [6, 6.07) is 5.69. The van der Waals surface area contributed by atoms with Gasteiger partial charge in [-0.15, -0.1) is 0 Å². The largest absolute Gasteiger partial charge is 0.435 e. The van der Waals surface area contributed by atoms with Crippen molar-refractivity contribution < 1.29 is 18.3 Å². The van der Waals surface area contributed by atoms with Gasteiger partial charge >= 0.3 is 6.61 Å². The molecule has 0 saturated heterocycles. The number of amides is 1. The van der Waals surface area contributed by atoms with Gasteiger partial charge in [-0.25, -0.2) is 0 Å². The highest BCUT2D eigenvalue weighted by Crippen LogP contribution is 2.30. The molecule has 1 aliphatic carbocycles. The molecule has 0 spiro atoms. The van der Waals surface area contributed by atoms with E-state index in [2.05, 4.69) is 26.0 Å². The van der Waals surface area contributed by atoms with Crippen molar-refractivity contribution in [1.29, 1.82) is 0 Å². The molecule has 1 saturated carbocycles. The molecule has 2 rings (SSSR count). The predicted molar refractivity (Wildman–Crippen MR) is 75.5 cm³/mol. The molecular formula is C14H16BrF2NO2. The van der Waals surface area contributed by atoms with Gasteiger partial charge in [-0.1, -0.05) is 22.4 Å². The topological polar surface area (TPSA) is 38.3 Å². The Labute approximate surface area is 124 Å². The number of alkyl halides is 3. The van der Waals surface area contributed by atoms with Crippen LogP contribution in [-0.2, 0) is 0 Å². The molecule has 2 unspecified atom stereocenters. The number of carbonyl (C=O) groups excluding carboxylic acids is 1. The lowest BCUT2D eigenvalue weighted by atomic mass is 10.1. The summed E-state index contributed by atoms with van der Waals surface area (Å²) in [5.74, 6) is 0.313. The molecule has 0 heterocycles. The molecule has 0 aromatic heterocycles. The summed E-state index contributed by atoms with van der Waals surface area (Å²) in [5.41, 5.74) is 0.440. The Morgan fingerprint density at radius 3 is 2.60 bits per heavy atom. The summed E-state index contributed by atoms with van der Waals surface area (Å²) >= 11 is 3.60. The van der Waals surface area contributed by atoms with Gasteiger partial charge in [-0.05, 0) is 43.0 Å². The molecule has 2 atom stereocenters. The Balaban J connectivity index is 1.85. The van der Waals surface area contributed by atoms with Crippen LogP contribution >= 0.6 is 15.9 Å². The molecule has 20 heavy (non-hydrogen) atoms. The van der Waals surface area contributed by atoms with Gasteiger partial charge in [0.05, 0.1) is 0 Å². The van der Waals surface area contributed by atoms with Gasteiger partial charge in [0.2, 0.25) is 0 Å². The Bertz CT molecular complexity index is 453. The van der Waals surface area contributed by atoms with E-state index in [1.807, 2.05) is 0 Å². The molecule has 1 aromatic carbocycles. The first-order valence-corrected chi connectivity index (χ1v) is 7.45. The maximum Gasteiger partial charge on any atom is 0.387 e. The van der Waals surface area contributed by atoms with E-state index in [-0.39, 0.29) is 11.7 Å². The second-order valence-corrected chi connectivity index (χ2v) is 6.00. The van der Waals surface area contributed by atoms with Crippen LogP contribution < -0.4 is 10.1 Å². The summed E-state index contributed by atoms with van der Waals surface area (Å²) < 4.78 is 28.2. The summed E-state index contributed by atoms with van der Waals surface area (Å²) in [6.45, 7) is -2.22. The average molecular weight is 348 g/mol. The van der Waals surface area contributed by atoms with Gasteiger partial charge in [0.15, 0.2) is 0 Å². The quantitative estimate of drug-likeness (QED) is 0.826. The highest BCUT2D eigenvalue weighted by Gasteiger charge is 2.25. The average Bonchev–Trinajstić information content (AvgIpc) is 2.82. The van der Waals surface area contributed by atoms with Crippen LogP contribution in [0.2, 0.25) is 0 Å². The smallest absolute Gasteiger partial charge is 0.387 e. The fourth-order valence-electron chi connectivity index (χ4n) is 2.34. The van der Waals surface area contributed by atoms with E-state index in [1.54, 1.807) is 0 Å². The number of nitrogens with one attached hydrogen (secondary N) is 1. The zero-order valence-electron chi connectivity index (χ0n) is 10.8. The van der Waals surface area contributed by atoms with Gasteiger partial charge < -0.3 is 10.1 Å². The first-order chi connectivity index (χ1) is 9.56. The molecule has 0 radical (unpaired) electrons. The molecular weight excluding hydrogens is 332 g/mol. The molecule has 6 heteroatoms. The van der Waals surface area contributed by atoms with Crippen LogP contribution in [0.15, 0.2) is 24.3 Å². The van der Waals surface area contributed by atoms with Crippen molar-refractivity contribution in [3.63, 3.8) is 0 Å². The summed E-state index contributed by atoms with van der Waals surface area (Å²) in [7, 11) is 0. The fourth-order valence-corrected chi connectivity index (χ4v) is 3.11. The minimum atomic E-state index is -2.85. The fraction of sp³-hybridized carbons (Fsp3) is 0.500. The number of carbonyl (C=O) groups is 1. The number of hydrogen-bond acceptors (Lipinski definition) is 2. The molecule has 0 aliphatic heterocycles. The second-order valence-electron chi connectivity index (χ2n) is 4.82. The van der Waals surface area contributed by atoms with Crippen LogP contribution in [0.5, 0.6) is 5.75 Å². The van der Waals surface area contributed by atoms with E-state index in [0.717, 1.165) is 12.8 Å². The lowest BCUT2D eigenvalue weighted by molar-refractivity contribution is -0.0498. The maximum absolute atomic E-state index is 12.0. The highest BCUT2D eigenvalue weighted by atomic mass is 79.9. The third-order valence-electron chi connectivity index (χ3n) is 3.43. The van der Waals surface area contributed by atoms with Gasteiger partial charge in [-0.2, -0.15) is 8.78 Å². The lowest BCUT2D eigenvalue weighted by Gasteiger charge is -2.14. The maximum atomic E-state index is 12.0. The molecule has 1 aromatic rings. The van der Waals surface area contributed by atoms with Crippen molar-refractivity contribution in [1.82, 2.24) is 5.32 Å². The third-order valence-corrected chi connectivity index (χ3v) is 4.64. The summed E-state index contributed by atoms with van der Waals surface area (Å²) in [6.07, 6.45) is 3.42. The summed E-state index contributed by atoms with van der Waals surface area (Å²) in [4.78, 5) is 12.4. The van der Waals surface area contributed by atoms with Gasteiger partial charge in [0.25, 0.3) is 5.91 Å². The van der Waals surface area contributed by atoms with Crippen molar-refractivity contribution in [3.8, 4) is 5.75 Å². The first-order valence-electron chi connectivity index (χ1n) is 6.53. The molecule has 3 nitrogen and oxygen atoms in total. The van der Waals surface area contributed by atoms with Crippen LogP contribution in [0.1, 0.15) is 29.6 Å². The van der Waals surface area contributed by atoms with Gasteiger partial charge in [0.1, 0.15) is 5.75 Å². The summed E-state index contributed by atoms with van der Waals surface area (Å²) in [5, 5.41) is 2.87. The number of benzene rings is 1. The number of rotatable bonds is 5. The first kappa shape index (κ1) is 15.2. The van der Waals surface area contributed by atoms with Crippen molar-refractivity contribution >= 4 is 21.8 Å². The SMILES string of the molecule is O=C(NCC1CCCC1Br)c1ccc(OC(F)F)cc1. The standard InChI is InChI=1S/C14H16BrF2NO2/c15-12-3-1-2-10(12)8-18-13(19)9-4-6-11(7-5-9)20-14(16)17/h4-7,10,12,14H,1-3,8H2,(H,18,19). The Kier molecular flexibility index (Phi) is 5.34. The van der Waals surface area contributed by atoms with Crippen LogP contribution in [0, 0.1) is 5.92 Å². The lowest BCUT2D eigenvalue weighted by Crippen LogP contribution is -2.30. The van der Waals surface area contributed by atoms with Gasteiger partial charge in [0, 0.05) is 16.9 Å². The van der Waals surface area contributed by atoms with Gasteiger partial charge in [-0.3, -0.25) is 4.79 Å². The van der Waals surface area contributed by atoms with Crippen LogP contribution in [0.25, 0.3) is 0 Å². The van der Waals surface area contributed by atoms with Crippen molar-refractivity contribution in [2.24, 2.45) is 5.92 Å². The third kappa shape index (κ3) is 4.16. The minimum Gasteiger partial charge on any atom is -0.435 e. The van der Waals surface area contributed by atoms with E-state index in [9.17, 15) is 13.6 Å². The predicted octanol–water partition coefficient (Wildman–Crippen LogP) is 3.58. The molecule has 1 amide bonds. The normalized spacial score (nSPS) is 22.0. The van der Waals surface area contributed by atoms with E-state index >= 15 is 0 Å². The zero-order valence-corrected chi connectivity index (χ0v) is 12.4. The van der Waals surface area contributed by atoms with Crippen molar-refractivity contribution in [2.75, 3.05) is 6.54 Å². The number of halogens is 3. The molecule has 1 fully saturated rings. The second kappa shape index (κ2) is 7.02. The van der Waals surface area contributed by atoms with Crippen LogP contribution in [0.4, 0.5) is 8.78 Å². The van der Waals surface area contributed by atoms with Crippen LogP contribution in [-0.4, -0.2) is 23.9 Å². The Hall–Kier alpha value is -1.17. The molecule has 1 N–H and O–H groups in total. The van der Waals surface area contributed by atoms with Crippen molar-refractivity contribution in [2.45, 2.75) is 30.7 Å². The zero-order chi connectivity index (χ0) is 14.5. The molecule has 1 aliphatic rings. The van der Waals surface area contributed by atoms with E-state index < -0.39 is 6.61 Å². The van der Waals surface area contributed by atoms with Crippen LogP contribution in [0.3, 0.4) is 0 Å². The Morgan fingerprint density at radius 1 is 1.35 bits per heavy atom. The highest BCUT2D eigenvalue weighted by molar-refractivity contribution is 9.09. The molecule has 0 bridgehead atoms. The number of hydrogen-bond donors (Lipinski definition) is 1. The minimum absolute atomic E-state index is 0.0489. The Morgan fingerprint density at radius 2 is 2.05 bits per heavy atom.